The number of nitrogens with zero attached hydrogens (tertiary/aromatic N) is 5. The van der Waals surface area contributed by atoms with E-state index in [-0.39, 0.29) is 12.1 Å². The Morgan fingerprint density at radius 3 is 2.65 bits per heavy atom. The molecular formula is C28H38N6O3. The van der Waals surface area contributed by atoms with Crippen LogP contribution in [0.4, 0.5) is 11.8 Å². The van der Waals surface area contributed by atoms with Crippen LogP contribution in [0.5, 0.6) is 0 Å². The van der Waals surface area contributed by atoms with Crippen molar-refractivity contribution in [2.45, 2.75) is 63.5 Å². The molecule has 3 aromatic rings. The minimum absolute atomic E-state index is 0.101. The first-order chi connectivity index (χ1) is 18.0. The van der Waals surface area contributed by atoms with Crippen LogP contribution in [-0.2, 0) is 9.47 Å². The second-order valence-corrected chi connectivity index (χ2v) is 11.3. The first kappa shape index (κ1) is 24.6. The third-order valence-corrected chi connectivity index (χ3v) is 8.47. The predicted molar refractivity (Wildman–Crippen MR) is 143 cm³/mol. The zero-order chi connectivity index (χ0) is 25.4. The van der Waals surface area contributed by atoms with E-state index in [4.69, 9.17) is 19.6 Å². The average molecular weight is 507 g/mol. The monoisotopic (exact) mass is 506 g/mol. The molecule has 1 spiro atoms. The van der Waals surface area contributed by atoms with Gasteiger partial charge in [-0.05, 0) is 69.2 Å². The molecular weight excluding hydrogens is 468 g/mol. The number of aliphatic hydroxyl groups is 1. The quantitative estimate of drug-likeness (QED) is 0.499. The van der Waals surface area contributed by atoms with E-state index >= 15 is 0 Å². The lowest BCUT2D eigenvalue weighted by molar-refractivity contribution is -0.124. The number of ether oxygens (including phenoxy) is 2. The van der Waals surface area contributed by atoms with Crippen LogP contribution in [0.1, 0.15) is 57.1 Å². The van der Waals surface area contributed by atoms with Crippen molar-refractivity contribution < 1.29 is 14.6 Å². The molecule has 1 aliphatic carbocycles. The van der Waals surface area contributed by atoms with Crippen molar-refractivity contribution >= 4 is 17.3 Å². The normalized spacial score (nSPS) is 24.2. The predicted octanol–water partition coefficient (Wildman–Crippen LogP) is 3.87. The molecule has 3 fully saturated rings. The van der Waals surface area contributed by atoms with Crippen molar-refractivity contribution in [3.8, 4) is 11.1 Å². The number of piperidine rings is 1. The van der Waals surface area contributed by atoms with Gasteiger partial charge in [-0.2, -0.15) is 0 Å². The van der Waals surface area contributed by atoms with Crippen molar-refractivity contribution in [3.63, 3.8) is 0 Å². The Hall–Kier alpha value is -2.75. The lowest BCUT2D eigenvalue weighted by atomic mass is 9.77. The molecule has 5 heterocycles. The summed E-state index contributed by atoms with van der Waals surface area (Å²) in [7, 11) is 1.70. The molecule has 0 unspecified atom stereocenters. The zero-order valence-corrected chi connectivity index (χ0v) is 21.9. The number of fused-ring (bicyclic) bond motifs is 1. The third-order valence-electron chi connectivity index (χ3n) is 8.47. The maximum atomic E-state index is 10.1. The Morgan fingerprint density at radius 1 is 1.16 bits per heavy atom. The maximum absolute atomic E-state index is 10.1. The Morgan fingerprint density at radius 2 is 1.95 bits per heavy atom. The molecule has 9 heteroatoms. The smallest absolute Gasteiger partial charge is 0.241 e. The highest BCUT2D eigenvalue weighted by Gasteiger charge is 2.41. The van der Waals surface area contributed by atoms with Crippen LogP contribution in [0.3, 0.4) is 0 Å². The van der Waals surface area contributed by atoms with Crippen LogP contribution in [0.25, 0.3) is 16.6 Å². The van der Waals surface area contributed by atoms with Gasteiger partial charge in [-0.1, -0.05) is 0 Å². The van der Waals surface area contributed by atoms with Crippen molar-refractivity contribution in [2.24, 2.45) is 5.41 Å². The van der Waals surface area contributed by atoms with Gasteiger partial charge < -0.3 is 24.8 Å². The van der Waals surface area contributed by atoms with E-state index < -0.39 is 0 Å². The minimum atomic E-state index is -0.193. The number of aliphatic hydroxyl groups excluding tert-OH is 1. The Balaban J connectivity index is 1.33. The van der Waals surface area contributed by atoms with Crippen LogP contribution in [0.15, 0.2) is 30.6 Å². The first-order valence-corrected chi connectivity index (χ1v) is 13.6. The van der Waals surface area contributed by atoms with Gasteiger partial charge in [0.1, 0.15) is 5.82 Å². The standard InChI is InChI=1S/C28H38N6O3/c1-19(16-36-2)31-27-30-15-25-23(14-24(34(25)32-27)20-3-5-22(35)6-4-20)21-7-10-29-26(13-21)33-11-8-28(9-12-33)17-37-18-28/h7,10,13-15,19-20,22,35H,3-6,8-9,11-12,16-18H2,1-2H3,(H,31,32)/t19-,20?,22?/m0/s1. The number of methoxy groups -OCH3 is 1. The zero-order valence-electron chi connectivity index (χ0n) is 21.9. The number of hydrogen-bond donors (Lipinski definition) is 2. The number of pyridine rings is 1. The summed E-state index contributed by atoms with van der Waals surface area (Å²) in [6.45, 7) is 6.49. The van der Waals surface area contributed by atoms with Crippen LogP contribution in [0.2, 0.25) is 0 Å². The van der Waals surface area contributed by atoms with Gasteiger partial charge in [-0.25, -0.2) is 14.5 Å². The molecule has 1 saturated carbocycles. The molecule has 3 aromatic heterocycles. The summed E-state index contributed by atoms with van der Waals surface area (Å²) in [5, 5.41) is 18.4. The van der Waals surface area contributed by atoms with E-state index in [1.54, 1.807) is 7.11 Å². The second kappa shape index (κ2) is 10.2. The van der Waals surface area contributed by atoms with Gasteiger partial charge in [0.15, 0.2) is 0 Å². The highest BCUT2D eigenvalue weighted by atomic mass is 16.5. The van der Waals surface area contributed by atoms with Crippen LogP contribution in [-0.4, -0.2) is 76.9 Å². The number of nitrogens with one attached hydrogen (secondary N) is 1. The van der Waals surface area contributed by atoms with E-state index in [2.05, 4.69) is 44.8 Å². The molecule has 1 atom stereocenters. The van der Waals surface area contributed by atoms with E-state index in [1.807, 2.05) is 12.4 Å². The fourth-order valence-corrected chi connectivity index (χ4v) is 6.14. The summed E-state index contributed by atoms with van der Waals surface area (Å²) >= 11 is 0. The minimum Gasteiger partial charge on any atom is -0.393 e. The molecule has 198 valence electrons. The summed E-state index contributed by atoms with van der Waals surface area (Å²) < 4.78 is 12.8. The number of anilines is 2. The molecule has 0 amide bonds. The van der Waals surface area contributed by atoms with E-state index in [1.165, 1.54) is 5.69 Å². The second-order valence-electron chi connectivity index (χ2n) is 11.3. The number of rotatable bonds is 7. The summed E-state index contributed by atoms with van der Waals surface area (Å²) in [6.07, 6.45) is 9.55. The topological polar surface area (TPSA) is 97.0 Å². The summed E-state index contributed by atoms with van der Waals surface area (Å²) in [4.78, 5) is 11.8. The highest BCUT2D eigenvalue weighted by Crippen LogP contribution is 2.41. The number of aromatic nitrogens is 4. The Kier molecular flexibility index (Phi) is 6.77. The molecule has 0 radical (unpaired) electrons. The van der Waals surface area contributed by atoms with Gasteiger partial charge in [-0.15, -0.1) is 5.10 Å². The average Bonchev–Trinajstić information content (AvgIpc) is 3.27. The van der Waals surface area contributed by atoms with Gasteiger partial charge in [0, 0.05) is 55.0 Å². The molecule has 9 nitrogen and oxygen atoms in total. The lowest BCUT2D eigenvalue weighted by Gasteiger charge is -2.47. The van der Waals surface area contributed by atoms with Gasteiger partial charge in [0.2, 0.25) is 5.95 Å². The molecule has 2 N–H and O–H groups in total. The molecule has 0 aromatic carbocycles. The third kappa shape index (κ3) is 4.92. The van der Waals surface area contributed by atoms with Crippen molar-refractivity contribution in [1.82, 2.24) is 19.6 Å². The Bertz CT molecular complexity index is 1220. The first-order valence-electron chi connectivity index (χ1n) is 13.6. The van der Waals surface area contributed by atoms with E-state index in [0.717, 1.165) is 87.3 Å². The van der Waals surface area contributed by atoms with Crippen molar-refractivity contribution in [1.29, 1.82) is 0 Å². The summed E-state index contributed by atoms with van der Waals surface area (Å²) in [5.74, 6) is 1.98. The molecule has 2 saturated heterocycles. The fourth-order valence-electron chi connectivity index (χ4n) is 6.14. The Labute approximate surface area is 218 Å². The van der Waals surface area contributed by atoms with Gasteiger partial charge in [-0.3, -0.25) is 0 Å². The van der Waals surface area contributed by atoms with Crippen molar-refractivity contribution in [2.75, 3.05) is 50.2 Å². The van der Waals surface area contributed by atoms with Crippen LogP contribution in [0, 0.1) is 5.41 Å². The summed E-state index contributed by atoms with van der Waals surface area (Å²) in [6, 6.07) is 6.69. The number of hydrogen-bond acceptors (Lipinski definition) is 8. The molecule has 37 heavy (non-hydrogen) atoms. The van der Waals surface area contributed by atoms with E-state index in [0.29, 0.717) is 23.9 Å². The maximum Gasteiger partial charge on any atom is 0.241 e. The van der Waals surface area contributed by atoms with Crippen LogP contribution >= 0.6 is 0 Å². The van der Waals surface area contributed by atoms with Gasteiger partial charge >= 0.3 is 0 Å². The highest BCUT2D eigenvalue weighted by molar-refractivity contribution is 5.82. The largest absolute Gasteiger partial charge is 0.393 e. The molecule has 2 aliphatic heterocycles. The molecule has 0 bridgehead atoms. The lowest BCUT2D eigenvalue weighted by Crippen LogP contribution is -2.51. The van der Waals surface area contributed by atoms with E-state index in [9.17, 15) is 5.11 Å². The van der Waals surface area contributed by atoms with Crippen molar-refractivity contribution in [3.05, 3.63) is 36.3 Å². The van der Waals surface area contributed by atoms with Crippen LogP contribution < -0.4 is 10.2 Å². The SMILES string of the molecule is COC[C@H](C)Nc1ncc2c(-c3ccnc(N4CCC5(CC4)COC5)c3)cc(C3CCC(O)CC3)n2n1. The molecule has 6 rings (SSSR count). The van der Waals surface area contributed by atoms with Gasteiger partial charge in [0.25, 0.3) is 0 Å². The van der Waals surface area contributed by atoms with Gasteiger partial charge in [0.05, 0.1) is 37.6 Å². The summed E-state index contributed by atoms with van der Waals surface area (Å²) in [5.41, 5.74) is 4.84. The fraction of sp³-hybridized carbons (Fsp3) is 0.607. The molecule has 3 aliphatic rings.